The van der Waals surface area contributed by atoms with Gasteiger partial charge in [0.15, 0.2) is 0 Å². The van der Waals surface area contributed by atoms with Crippen LogP contribution in [-0.2, 0) is 0 Å². The van der Waals surface area contributed by atoms with Crippen LogP contribution in [0, 0.1) is 24.7 Å². The van der Waals surface area contributed by atoms with Gasteiger partial charge in [0.1, 0.15) is 0 Å². The van der Waals surface area contributed by atoms with Crippen LogP contribution < -0.4 is 5.73 Å². The summed E-state index contributed by atoms with van der Waals surface area (Å²) in [7, 11) is 0. The van der Waals surface area contributed by atoms with Crippen molar-refractivity contribution in [2.75, 3.05) is 13.1 Å². The summed E-state index contributed by atoms with van der Waals surface area (Å²) in [5.74, 6) is 6.53. The van der Waals surface area contributed by atoms with Crippen LogP contribution in [0.4, 0.5) is 0 Å². The molecule has 1 aliphatic rings. The number of rotatable bonds is 4. The summed E-state index contributed by atoms with van der Waals surface area (Å²) in [5.41, 5.74) is 8.13. The van der Waals surface area contributed by atoms with Gasteiger partial charge in [0.25, 0.3) is 5.91 Å². The van der Waals surface area contributed by atoms with Gasteiger partial charge in [0, 0.05) is 23.7 Å². The second-order valence-electron chi connectivity index (χ2n) is 6.12. The number of nitrogens with two attached hydrogens (primary N) is 1. The van der Waals surface area contributed by atoms with Gasteiger partial charge in [-0.15, -0.1) is 0 Å². The monoisotopic (exact) mass is 284 g/mol. The normalized spacial score (nSPS) is 13.8. The second kappa shape index (κ2) is 6.78. The zero-order valence-electron chi connectivity index (χ0n) is 13.1. The van der Waals surface area contributed by atoms with Crippen LogP contribution in [0.15, 0.2) is 18.2 Å². The predicted molar refractivity (Wildman–Crippen MR) is 86.0 cm³/mol. The number of amides is 1. The molecule has 0 unspecified atom stereocenters. The molecular formula is C18H24N2O. The zero-order valence-corrected chi connectivity index (χ0v) is 13.1. The molecule has 1 amide bonds. The first-order chi connectivity index (χ1) is 10.0. The molecule has 3 nitrogen and oxygen atoms in total. The lowest BCUT2D eigenvalue weighted by Gasteiger charge is -2.24. The van der Waals surface area contributed by atoms with E-state index in [0.717, 1.165) is 36.1 Å². The van der Waals surface area contributed by atoms with Gasteiger partial charge in [-0.05, 0) is 49.4 Å². The van der Waals surface area contributed by atoms with Crippen molar-refractivity contribution in [3.63, 3.8) is 0 Å². The van der Waals surface area contributed by atoms with Crippen LogP contribution in [0.2, 0.25) is 0 Å². The molecule has 1 saturated carbocycles. The van der Waals surface area contributed by atoms with Gasteiger partial charge in [-0.2, -0.15) is 0 Å². The standard InChI is InChI=1S/C18H24N2O/c1-13(2)12-20(17-8-9-17)18(21)16-7-6-15(5-4-10-19)14(3)11-16/h6-7,11,13,17H,8-10,12,19H2,1-3H3. The first kappa shape index (κ1) is 15.6. The molecule has 3 heteroatoms. The molecule has 0 radical (unpaired) electrons. The number of nitrogens with zero attached hydrogens (tertiary/aromatic N) is 1. The molecule has 0 saturated heterocycles. The molecular weight excluding hydrogens is 260 g/mol. The molecule has 112 valence electrons. The molecule has 0 aromatic heterocycles. The molecule has 1 aliphatic carbocycles. The second-order valence-corrected chi connectivity index (χ2v) is 6.12. The number of benzene rings is 1. The minimum atomic E-state index is 0.146. The molecule has 0 bridgehead atoms. The highest BCUT2D eigenvalue weighted by atomic mass is 16.2. The molecule has 1 aromatic carbocycles. The fraction of sp³-hybridized carbons (Fsp3) is 0.500. The minimum absolute atomic E-state index is 0.146. The fourth-order valence-electron chi connectivity index (χ4n) is 2.43. The molecule has 0 aliphatic heterocycles. The van der Waals surface area contributed by atoms with Crippen molar-refractivity contribution >= 4 is 5.91 Å². The Morgan fingerprint density at radius 3 is 2.67 bits per heavy atom. The lowest BCUT2D eigenvalue weighted by atomic mass is 10.0. The average molecular weight is 284 g/mol. The quantitative estimate of drug-likeness (QED) is 0.864. The van der Waals surface area contributed by atoms with E-state index in [2.05, 4.69) is 25.7 Å². The summed E-state index contributed by atoms with van der Waals surface area (Å²) in [5, 5.41) is 0. The van der Waals surface area contributed by atoms with Gasteiger partial charge >= 0.3 is 0 Å². The zero-order chi connectivity index (χ0) is 15.4. The maximum absolute atomic E-state index is 12.7. The van der Waals surface area contributed by atoms with Crippen LogP contribution in [0.25, 0.3) is 0 Å². The SMILES string of the molecule is Cc1cc(C(=O)N(CC(C)C)C2CC2)ccc1C#CCN. The first-order valence-electron chi connectivity index (χ1n) is 7.63. The number of carbonyl (C=O) groups excluding carboxylic acids is 1. The number of hydrogen-bond donors (Lipinski definition) is 1. The van der Waals surface area contributed by atoms with Crippen molar-refractivity contribution in [3.05, 3.63) is 34.9 Å². The highest BCUT2D eigenvalue weighted by molar-refractivity contribution is 5.95. The van der Waals surface area contributed by atoms with Crippen LogP contribution in [0.1, 0.15) is 48.2 Å². The van der Waals surface area contributed by atoms with Crippen molar-refractivity contribution < 1.29 is 4.79 Å². The Morgan fingerprint density at radius 2 is 2.14 bits per heavy atom. The number of carbonyl (C=O) groups is 1. The summed E-state index contributed by atoms with van der Waals surface area (Å²) in [6, 6.07) is 6.19. The molecule has 2 N–H and O–H groups in total. The van der Waals surface area contributed by atoms with E-state index < -0.39 is 0 Å². The Labute approximate surface area is 127 Å². The Balaban J connectivity index is 2.20. The molecule has 2 rings (SSSR count). The molecule has 0 spiro atoms. The Morgan fingerprint density at radius 1 is 1.43 bits per heavy atom. The van der Waals surface area contributed by atoms with E-state index in [1.165, 1.54) is 0 Å². The van der Waals surface area contributed by atoms with Crippen LogP contribution >= 0.6 is 0 Å². The highest BCUT2D eigenvalue weighted by Crippen LogP contribution is 2.29. The molecule has 1 aromatic rings. The van der Waals surface area contributed by atoms with E-state index in [9.17, 15) is 4.79 Å². The van der Waals surface area contributed by atoms with Crippen molar-refractivity contribution in [2.45, 2.75) is 39.7 Å². The van der Waals surface area contributed by atoms with Crippen LogP contribution in [-0.4, -0.2) is 29.9 Å². The van der Waals surface area contributed by atoms with E-state index >= 15 is 0 Å². The molecule has 21 heavy (non-hydrogen) atoms. The van der Waals surface area contributed by atoms with Gasteiger partial charge < -0.3 is 10.6 Å². The van der Waals surface area contributed by atoms with Crippen molar-refractivity contribution in [1.82, 2.24) is 4.90 Å². The third kappa shape index (κ3) is 4.09. The third-order valence-electron chi connectivity index (χ3n) is 3.61. The van der Waals surface area contributed by atoms with E-state index in [-0.39, 0.29) is 5.91 Å². The van der Waals surface area contributed by atoms with E-state index in [1.54, 1.807) is 0 Å². The van der Waals surface area contributed by atoms with Crippen LogP contribution in [0.5, 0.6) is 0 Å². The van der Waals surface area contributed by atoms with E-state index in [0.29, 0.717) is 18.5 Å². The predicted octanol–water partition coefficient (Wildman–Crippen LogP) is 2.57. The topological polar surface area (TPSA) is 46.3 Å². The Hall–Kier alpha value is -1.79. The Bertz CT molecular complexity index is 577. The summed E-state index contributed by atoms with van der Waals surface area (Å²) in [4.78, 5) is 14.7. The largest absolute Gasteiger partial charge is 0.335 e. The van der Waals surface area contributed by atoms with Gasteiger partial charge in [-0.3, -0.25) is 4.79 Å². The maximum atomic E-state index is 12.7. The maximum Gasteiger partial charge on any atom is 0.254 e. The summed E-state index contributed by atoms with van der Waals surface area (Å²) < 4.78 is 0. The molecule has 1 fully saturated rings. The van der Waals surface area contributed by atoms with Gasteiger partial charge in [0.2, 0.25) is 0 Å². The lowest BCUT2D eigenvalue weighted by molar-refractivity contribution is 0.0722. The lowest BCUT2D eigenvalue weighted by Crippen LogP contribution is -2.36. The number of hydrogen-bond acceptors (Lipinski definition) is 2. The van der Waals surface area contributed by atoms with Crippen molar-refractivity contribution in [3.8, 4) is 11.8 Å². The van der Waals surface area contributed by atoms with Crippen molar-refractivity contribution in [1.29, 1.82) is 0 Å². The van der Waals surface area contributed by atoms with Crippen molar-refractivity contribution in [2.24, 2.45) is 11.7 Å². The average Bonchev–Trinajstić information content (AvgIpc) is 3.27. The highest BCUT2D eigenvalue weighted by Gasteiger charge is 2.33. The van der Waals surface area contributed by atoms with Crippen LogP contribution in [0.3, 0.4) is 0 Å². The van der Waals surface area contributed by atoms with Gasteiger partial charge in [-0.25, -0.2) is 0 Å². The van der Waals surface area contributed by atoms with E-state index in [4.69, 9.17) is 5.73 Å². The fourth-order valence-corrected chi connectivity index (χ4v) is 2.43. The first-order valence-corrected chi connectivity index (χ1v) is 7.63. The summed E-state index contributed by atoms with van der Waals surface area (Å²) in [6.07, 6.45) is 2.27. The molecule has 0 atom stereocenters. The summed E-state index contributed by atoms with van der Waals surface area (Å²) >= 11 is 0. The smallest absolute Gasteiger partial charge is 0.254 e. The van der Waals surface area contributed by atoms with Gasteiger partial charge in [-0.1, -0.05) is 25.7 Å². The Kier molecular flexibility index (Phi) is 5.03. The summed E-state index contributed by atoms with van der Waals surface area (Å²) in [6.45, 7) is 7.47. The minimum Gasteiger partial charge on any atom is -0.335 e. The van der Waals surface area contributed by atoms with E-state index in [1.807, 2.05) is 30.0 Å². The number of aryl methyl sites for hydroxylation is 1. The van der Waals surface area contributed by atoms with Gasteiger partial charge in [0.05, 0.1) is 6.54 Å². The molecule has 0 heterocycles. The third-order valence-corrected chi connectivity index (χ3v) is 3.61.